The predicted octanol–water partition coefficient (Wildman–Crippen LogP) is 3.35. The maximum atomic E-state index is 10.6. The van der Waals surface area contributed by atoms with Crippen LogP contribution < -0.4 is 0 Å². The average Bonchev–Trinajstić information content (AvgIpc) is 3.42. The maximum absolute atomic E-state index is 10.6. The van der Waals surface area contributed by atoms with Gasteiger partial charge in [0.2, 0.25) is 0 Å². The molecule has 31 heavy (non-hydrogen) atoms. The molecular weight excluding hydrogens is 415 g/mol. The molecule has 0 bridgehead atoms. The van der Waals surface area contributed by atoms with Gasteiger partial charge >= 0.3 is 12.1 Å². The number of halogens is 3. The first-order valence-electron chi connectivity index (χ1n) is 8.71. The minimum Gasteiger partial charge on any atom is -0.475 e. The predicted molar refractivity (Wildman–Crippen MR) is 101 cm³/mol. The molecule has 4 heterocycles. The number of nitriles is 1. The SMILES string of the molecule is N#CCC(c1cccnc1)n1cc(-c2ncnc3[nH]ccc23)cn1.O=C(O)C(F)(F)F. The van der Waals surface area contributed by atoms with E-state index in [4.69, 9.17) is 15.2 Å². The average molecular weight is 429 g/mol. The molecule has 12 heteroatoms. The van der Waals surface area contributed by atoms with Crippen molar-refractivity contribution in [1.29, 1.82) is 5.26 Å². The van der Waals surface area contributed by atoms with E-state index in [0.29, 0.717) is 6.42 Å². The molecule has 1 atom stereocenters. The fraction of sp³-hybridized carbons (Fsp3) is 0.158. The molecule has 4 rings (SSSR count). The van der Waals surface area contributed by atoms with Gasteiger partial charge in [-0.25, -0.2) is 14.8 Å². The lowest BCUT2D eigenvalue weighted by atomic mass is 10.1. The van der Waals surface area contributed by atoms with Crippen molar-refractivity contribution in [3.63, 3.8) is 0 Å². The van der Waals surface area contributed by atoms with E-state index in [0.717, 1.165) is 27.9 Å². The second kappa shape index (κ2) is 9.04. The Bertz CT molecular complexity index is 1210. The smallest absolute Gasteiger partial charge is 0.475 e. The quantitative estimate of drug-likeness (QED) is 0.508. The summed E-state index contributed by atoms with van der Waals surface area (Å²) in [5, 5.41) is 21.7. The van der Waals surface area contributed by atoms with Gasteiger partial charge in [-0.1, -0.05) is 6.07 Å². The van der Waals surface area contributed by atoms with Crippen molar-refractivity contribution >= 4 is 17.0 Å². The van der Waals surface area contributed by atoms with Crippen LogP contribution in [0.1, 0.15) is 18.0 Å². The van der Waals surface area contributed by atoms with E-state index in [-0.39, 0.29) is 6.04 Å². The molecule has 0 aromatic carbocycles. The van der Waals surface area contributed by atoms with Crippen LogP contribution in [0.3, 0.4) is 0 Å². The van der Waals surface area contributed by atoms with Crippen molar-refractivity contribution in [3.8, 4) is 17.3 Å². The van der Waals surface area contributed by atoms with Gasteiger partial charge in [0.15, 0.2) is 0 Å². The zero-order chi connectivity index (χ0) is 22.4. The largest absolute Gasteiger partial charge is 0.490 e. The van der Waals surface area contributed by atoms with Crippen molar-refractivity contribution in [2.24, 2.45) is 0 Å². The van der Waals surface area contributed by atoms with Crippen LogP contribution in [0.4, 0.5) is 13.2 Å². The van der Waals surface area contributed by atoms with Gasteiger partial charge in [-0.2, -0.15) is 23.5 Å². The van der Waals surface area contributed by atoms with Gasteiger partial charge < -0.3 is 10.1 Å². The van der Waals surface area contributed by atoms with Crippen LogP contribution in [0.15, 0.2) is 55.5 Å². The van der Waals surface area contributed by atoms with E-state index in [1.807, 2.05) is 30.6 Å². The summed E-state index contributed by atoms with van der Waals surface area (Å²) in [6, 6.07) is 7.79. The molecule has 0 saturated carbocycles. The number of nitrogens with one attached hydrogen (secondary N) is 1. The fourth-order valence-electron chi connectivity index (χ4n) is 2.76. The van der Waals surface area contributed by atoms with Crippen LogP contribution >= 0.6 is 0 Å². The molecule has 0 aliphatic rings. The Kier molecular flexibility index (Phi) is 6.25. The molecule has 0 amide bonds. The monoisotopic (exact) mass is 429 g/mol. The summed E-state index contributed by atoms with van der Waals surface area (Å²) >= 11 is 0. The Morgan fingerprint density at radius 3 is 2.71 bits per heavy atom. The molecule has 2 N–H and O–H groups in total. The number of fused-ring (bicyclic) bond motifs is 1. The molecule has 0 radical (unpaired) electrons. The number of aromatic nitrogens is 6. The summed E-state index contributed by atoms with van der Waals surface area (Å²) in [6.45, 7) is 0. The standard InChI is InChI=1S/C17H13N7.C2HF3O2/c18-5-3-15(12-2-1-6-19-8-12)24-10-13(9-23-24)16-14-4-7-20-17(14)22-11-21-16;3-2(4,5)1(6)7/h1-2,4,6-11,15H,3H2,(H,20,21,22);(H,6,7). The van der Waals surface area contributed by atoms with E-state index in [1.54, 1.807) is 23.3 Å². The zero-order valence-electron chi connectivity index (χ0n) is 15.7. The number of carbonyl (C=O) groups is 1. The molecule has 9 nitrogen and oxygen atoms in total. The third kappa shape index (κ3) is 5.02. The number of rotatable bonds is 4. The number of carboxylic acids is 1. The molecule has 0 aliphatic carbocycles. The number of hydrogen-bond acceptors (Lipinski definition) is 6. The van der Waals surface area contributed by atoms with Crippen LogP contribution in [0.5, 0.6) is 0 Å². The molecule has 4 aromatic heterocycles. The van der Waals surface area contributed by atoms with Crippen LogP contribution in [0.2, 0.25) is 0 Å². The highest BCUT2D eigenvalue weighted by Gasteiger charge is 2.38. The highest BCUT2D eigenvalue weighted by molar-refractivity contribution is 5.89. The van der Waals surface area contributed by atoms with Crippen LogP contribution in [-0.4, -0.2) is 47.0 Å². The first-order chi connectivity index (χ1) is 14.8. The molecule has 1 unspecified atom stereocenters. The second-order valence-electron chi connectivity index (χ2n) is 6.14. The Morgan fingerprint density at radius 1 is 1.29 bits per heavy atom. The van der Waals surface area contributed by atoms with Gasteiger partial charge in [0.1, 0.15) is 12.0 Å². The third-order valence-electron chi connectivity index (χ3n) is 4.14. The van der Waals surface area contributed by atoms with Gasteiger partial charge in [0.25, 0.3) is 0 Å². The first-order valence-corrected chi connectivity index (χ1v) is 8.71. The normalized spacial score (nSPS) is 11.9. The molecular formula is C19H14F3N7O2. The van der Waals surface area contributed by atoms with Crippen molar-refractivity contribution in [2.45, 2.75) is 18.6 Å². The lowest BCUT2D eigenvalue weighted by molar-refractivity contribution is -0.192. The molecule has 4 aromatic rings. The second-order valence-corrected chi connectivity index (χ2v) is 6.14. The van der Waals surface area contributed by atoms with Gasteiger partial charge in [-0.15, -0.1) is 0 Å². The summed E-state index contributed by atoms with van der Waals surface area (Å²) in [4.78, 5) is 24.7. The Balaban J connectivity index is 0.000000339. The number of pyridine rings is 1. The Morgan fingerprint density at radius 2 is 2.06 bits per heavy atom. The molecule has 158 valence electrons. The number of alkyl halides is 3. The minimum absolute atomic E-state index is 0.180. The van der Waals surface area contributed by atoms with Gasteiger partial charge in [0.05, 0.1) is 30.4 Å². The number of nitrogens with zero attached hydrogens (tertiary/aromatic N) is 6. The molecule has 0 spiro atoms. The number of aromatic amines is 1. The van der Waals surface area contributed by atoms with Gasteiger partial charge in [-0.3, -0.25) is 9.67 Å². The van der Waals surface area contributed by atoms with E-state index < -0.39 is 12.1 Å². The minimum atomic E-state index is -5.08. The molecule has 0 fully saturated rings. The number of hydrogen-bond donors (Lipinski definition) is 2. The fourth-order valence-corrected chi connectivity index (χ4v) is 2.76. The van der Waals surface area contributed by atoms with Crippen LogP contribution in [0.25, 0.3) is 22.3 Å². The topological polar surface area (TPSA) is 133 Å². The van der Waals surface area contributed by atoms with E-state index in [2.05, 4.69) is 31.1 Å². The summed E-state index contributed by atoms with van der Waals surface area (Å²) in [5.41, 5.74) is 3.43. The Labute approximate surface area is 172 Å². The highest BCUT2D eigenvalue weighted by Crippen LogP contribution is 2.27. The number of aliphatic carboxylic acids is 1. The van der Waals surface area contributed by atoms with E-state index >= 15 is 0 Å². The number of carboxylic acid groups (broad SMARTS) is 1. The third-order valence-corrected chi connectivity index (χ3v) is 4.14. The van der Waals surface area contributed by atoms with Crippen LogP contribution in [-0.2, 0) is 4.79 Å². The summed E-state index contributed by atoms with van der Waals surface area (Å²) in [6.07, 6.45) is 5.74. The van der Waals surface area contributed by atoms with Gasteiger partial charge in [-0.05, 0) is 17.7 Å². The van der Waals surface area contributed by atoms with Gasteiger partial charge in [0, 0.05) is 35.7 Å². The first kappa shape index (κ1) is 21.4. The highest BCUT2D eigenvalue weighted by atomic mass is 19.4. The van der Waals surface area contributed by atoms with Crippen LogP contribution in [0, 0.1) is 11.3 Å². The maximum Gasteiger partial charge on any atom is 0.490 e. The number of H-pyrrole nitrogens is 1. The summed E-state index contributed by atoms with van der Waals surface area (Å²) in [5.74, 6) is -2.76. The van der Waals surface area contributed by atoms with Crippen molar-refractivity contribution < 1.29 is 23.1 Å². The van der Waals surface area contributed by atoms with E-state index in [9.17, 15) is 13.2 Å². The Hall–Kier alpha value is -4.27. The van der Waals surface area contributed by atoms with Crippen molar-refractivity contribution in [2.75, 3.05) is 0 Å². The lowest BCUT2D eigenvalue weighted by Crippen LogP contribution is -2.21. The summed E-state index contributed by atoms with van der Waals surface area (Å²) < 4.78 is 33.5. The molecule has 0 saturated heterocycles. The lowest BCUT2D eigenvalue weighted by Gasteiger charge is -2.14. The van der Waals surface area contributed by atoms with Crippen molar-refractivity contribution in [3.05, 3.63) is 61.1 Å². The summed E-state index contributed by atoms with van der Waals surface area (Å²) in [7, 11) is 0. The van der Waals surface area contributed by atoms with Crippen molar-refractivity contribution in [1.82, 2.24) is 29.7 Å². The molecule has 0 aliphatic heterocycles. The zero-order valence-corrected chi connectivity index (χ0v) is 15.7. The van der Waals surface area contributed by atoms with E-state index in [1.165, 1.54) is 6.33 Å².